The van der Waals surface area contributed by atoms with Crippen LogP contribution >= 0.6 is 0 Å². The molecule has 0 unspecified atom stereocenters. The van der Waals surface area contributed by atoms with Gasteiger partial charge in [0.2, 0.25) is 0 Å². The summed E-state index contributed by atoms with van der Waals surface area (Å²) in [5, 5.41) is 3.78. The number of aromatic nitrogens is 1. The van der Waals surface area contributed by atoms with E-state index >= 15 is 4.39 Å². The van der Waals surface area contributed by atoms with Crippen molar-refractivity contribution in [3.05, 3.63) is 17.0 Å². The summed E-state index contributed by atoms with van der Waals surface area (Å²) in [5.74, 6) is -0.235. The van der Waals surface area contributed by atoms with E-state index in [2.05, 4.69) is 5.16 Å². The Morgan fingerprint density at radius 1 is 1.08 bits per heavy atom. The lowest BCUT2D eigenvalue weighted by molar-refractivity contribution is -0.151. The molecule has 2 saturated heterocycles. The maximum absolute atomic E-state index is 15.1. The van der Waals surface area contributed by atoms with Crippen molar-refractivity contribution >= 4 is 11.8 Å². The third kappa shape index (κ3) is 3.02. The van der Waals surface area contributed by atoms with E-state index in [0.29, 0.717) is 43.3 Å². The highest BCUT2D eigenvalue weighted by atomic mass is 19.1. The van der Waals surface area contributed by atoms with Crippen molar-refractivity contribution in [2.75, 3.05) is 39.4 Å². The van der Waals surface area contributed by atoms with Crippen molar-refractivity contribution in [3.63, 3.8) is 0 Å². The first kappa shape index (κ1) is 16.9. The molecule has 24 heavy (non-hydrogen) atoms. The number of aryl methyl sites for hydroxylation is 2. The average molecular weight is 339 g/mol. The van der Waals surface area contributed by atoms with Gasteiger partial charge in [0.05, 0.1) is 18.9 Å². The summed E-state index contributed by atoms with van der Waals surface area (Å²) >= 11 is 0. The van der Waals surface area contributed by atoms with Crippen LogP contribution in [0.2, 0.25) is 0 Å². The molecule has 0 aliphatic carbocycles. The lowest BCUT2D eigenvalue weighted by atomic mass is 9.91. The van der Waals surface area contributed by atoms with Gasteiger partial charge in [-0.3, -0.25) is 9.59 Å². The van der Waals surface area contributed by atoms with Gasteiger partial charge < -0.3 is 19.1 Å². The van der Waals surface area contributed by atoms with E-state index in [9.17, 15) is 9.59 Å². The van der Waals surface area contributed by atoms with Gasteiger partial charge in [0, 0.05) is 39.0 Å². The van der Waals surface area contributed by atoms with E-state index in [0.717, 1.165) is 0 Å². The number of carbonyl (C=O) groups is 2. The standard InChI is InChI=1S/C16H22FN3O4/c1-11-13(12(2)24-18-11)14(21)19-5-3-16(17,4-6-19)15(22)20-7-9-23-10-8-20/h3-10H2,1-2H3. The number of hydrogen-bond acceptors (Lipinski definition) is 5. The topological polar surface area (TPSA) is 75.9 Å². The molecule has 1 aromatic rings. The van der Waals surface area contributed by atoms with Crippen LogP contribution in [-0.2, 0) is 9.53 Å². The van der Waals surface area contributed by atoms with Crippen LogP contribution in [-0.4, -0.2) is 71.8 Å². The zero-order valence-electron chi connectivity index (χ0n) is 14.0. The monoisotopic (exact) mass is 339 g/mol. The second kappa shape index (κ2) is 6.51. The Bertz CT molecular complexity index is 612. The lowest BCUT2D eigenvalue weighted by Gasteiger charge is -2.39. The van der Waals surface area contributed by atoms with Crippen molar-refractivity contribution in [1.82, 2.24) is 15.0 Å². The average Bonchev–Trinajstić information content (AvgIpc) is 2.93. The Morgan fingerprint density at radius 3 is 2.25 bits per heavy atom. The summed E-state index contributed by atoms with van der Waals surface area (Å²) in [6.45, 7) is 5.52. The van der Waals surface area contributed by atoms with Crippen LogP contribution in [0, 0.1) is 13.8 Å². The molecule has 8 heteroatoms. The number of piperidine rings is 1. The lowest BCUT2D eigenvalue weighted by Crippen LogP contribution is -2.55. The molecule has 0 saturated carbocycles. The predicted octanol–water partition coefficient (Wildman–Crippen LogP) is 1.09. The molecule has 0 bridgehead atoms. The SMILES string of the molecule is Cc1noc(C)c1C(=O)N1CCC(F)(C(=O)N2CCOCC2)CC1. The van der Waals surface area contributed by atoms with Crippen LogP contribution in [0.1, 0.15) is 34.7 Å². The van der Waals surface area contributed by atoms with Crippen molar-refractivity contribution < 1.29 is 23.2 Å². The number of morpholine rings is 1. The van der Waals surface area contributed by atoms with Crippen molar-refractivity contribution in [3.8, 4) is 0 Å². The Hall–Kier alpha value is -1.96. The number of ether oxygens (including phenoxy) is 1. The summed E-state index contributed by atoms with van der Waals surface area (Å²) in [4.78, 5) is 28.1. The summed E-state index contributed by atoms with van der Waals surface area (Å²) in [5.41, 5.74) is -0.938. The molecule has 7 nitrogen and oxygen atoms in total. The molecule has 132 valence electrons. The first-order valence-corrected chi connectivity index (χ1v) is 8.20. The van der Waals surface area contributed by atoms with Gasteiger partial charge in [-0.25, -0.2) is 4.39 Å². The van der Waals surface area contributed by atoms with Crippen LogP contribution in [0.4, 0.5) is 4.39 Å². The zero-order valence-corrected chi connectivity index (χ0v) is 14.0. The predicted molar refractivity (Wildman–Crippen MR) is 82.4 cm³/mol. The van der Waals surface area contributed by atoms with Crippen LogP contribution in [0.3, 0.4) is 0 Å². The molecule has 0 N–H and O–H groups in total. The highest BCUT2D eigenvalue weighted by Crippen LogP contribution is 2.30. The van der Waals surface area contributed by atoms with E-state index in [1.807, 2.05) is 0 Å². The van der Waals surface area contributed by atoms with E-state index in [1.54, 1.807) is 18.7 Å². The molecular formula is C16H22FN3O4. The number of amides is 2. The van der Waals surface area contributed by atoms with Gasteiger partial charge >= 0.3 is 0 Å². The molecule has 2 aliphatic heterocycles. The Morgan fingerprint density at radius 2 is 1.71 bits per heavy atom. The van der Waals surface area contributed by atoms with Crippen LogP contribution in [0.5, 0.6) is 0 Å². The number of hydrogen-bond donors (Lipinski definition) is 0. The summed E-state index contributed by atoms with van der Waals surface area (Å²) in [6, 6.07) is 0. The quantitative estimate of drug-likeness (QED) is 0.806. The zero-order chi connectivity index (χ0) is 17.3. The molecule has 3 rings (SSSR count). The van der Waals surface area contributed by atoms with Gasteiger partial charge in [-0.2, -0.15) is 0 Å². The normalized spacial score (nSPS) is 21.0. The van der Waals surface area contributed by atoms with Gasteiger partial charge in [0.15, 0.2) is 5.67 Å². The van der Waals surface area contributed by atoms with Crippen LogP contribution < -0.4 is 0 Å². The highest BCUT2D eigenvalue weighted by Gasteiger charge is 2.45. The third-order valence-corrected chi connectivity index (χ3v) is 4.77. The van der Waals surface area contributed by atoms with E-state index in [4.69, 9.17) is 9.26 Å². The summed E-state index contributed by atoms with van der Waals surface area (Å²) in [7, 11) is 0. The van der Waals surface area contributed by atoms with E-state index in [1.165, 1.54) is 4.90 Å². The van der Waals surface area contributed by atoms with Gasteiger partial charge in [0.25, 0.3) is 11.8 Å². The molecule has 0 radical (unpaired) electrons. The van der Waals surface area contributed by atoms with E-state index in [-0.39, 0.29) is 31.8 Å². The first-order chi connectivity index (χ1) is 11.4. The van der Waals surface area contributed by atoms with Crippen molar-refractivity contribution in [2.45, 2.75) is 32.4 Å². The summed E-state index contributed by atoms with van der Waals surface area (Å²) in [6.07, 6.45) is 0.0244. The van der Waals surface area contributed by atoms with Crippen molar-refractivity contribution in [2.24, 2.45) is 0 Å². The minimum Gasteiger partial charge on any atom is -0.378 e. The fourth-order valence-electron chi connectivity index (χ4n) is 3.27. The molecule has 2 amide bonds. The fourth-order valence-corrected chi connectivity index (χ4v) is 3.27. The largest absolute Gasteiger partial charge is 0.378 e. The maximum Gasteiger partial charge on any atom is 0.260 e. The fraction of sp³-hybridized carbons (Fsp3) is 0.688. The Balaban J connectivity index is 1.64. The Labute approximate surface area is 139 Å². The molecule has 0 atom stereocenters. The molecular weight excluding hydrogens is 317 g/mol. The number of carbonyl (C=O) groups excluding carboxylic acids is 2. The number of rotatable bonds is 2. The minimum atomic E-state index is -1.90. The second-order valence-corrected chi connectivity index (χ2v) is 6.36. The van der Waals surface area contributed by atoms with Gasteiger partial charge in [0.1, 0.15) is 11.3 Å². The van der Waals surface area contributed by atoms with Gasteiger partial charge in [-0.05, 0) is 13.8 Å². The third-order valence-electron chi connectivity index (χ3n) is 4.77. The molecule has 0 aromatic carbocycles. The highest BCUT2D eigenvalue weighted by molar-refractivity contribution is 5.96. The van der Waals surface area contributed by atoms with Crippen molar-refractivity contribution in [1.29, 1.82) is 0 Å². The van der Waals surface area contributed by atoms with Gasteiger partial charge in [-0.1, -0.05) is 5.16 Å². The first-order valence-electron chi connectivity index (χ1n) is 8.20. The number of halogens is 1. The maximum atomic E-state index is 15.1. The number of likely N-dealkylation sites (tertiary alicyclic amines) is 1. The summed E-state index contributed by atoms with van der Waals surface area (Å²) < 4.78 is 25.3. The number of alkyl halides is 1. The molecule has 1 aromatic heterocycles. The molecule has 2 aliphatic rings. The molecule has 3 heterocycles. The number of nitrogens with zero attached hydrogens (tertiary/aromatic N) is 3. The molecule has 2 fully saturated rings. The molecule has 0 spiro atoms. The van der Waals surface area contributed by atoms with E-state index < -0.39 is 11.6 Å². The minimum absolute atomic E-state index is 0.0122. The Kier molecular flexibility index (Phi) is 4.58. The van der Waals surface area contributed by atoms with Gasteiger partial charge in [-0.15, -0.1) is 0 Å². The second-order valence-electron chi connectivity index (χ2n) is 6.36. The smallest absolute Gasteiger partial charge is 0.260 e. The van der Waals surface area contributed by atoms with Crippen LogP contribution in [0.15, 0.2) is 4.52 Å². The van der Waals surface area contributed by atoms with Crippen LogP contribution in [0.25, 0.3) is 0 Å².